The van der Waals surface area contributed by atoms with Gasteiger partial charge in [-0.2, -0.15) is 0 Å². The van der Waals surface area contributed by atoms with Crippen LogP contribution in [0, 0.1) is 0 Å². The number of hydrogen-bond donors (Lipinski definition) is 0. The second kappa shape index (κ2) is 34.6. The Bertz CT molecular complexity index is 6820. The zero-order valence-corrected chi connectivity index (χ0v) is 70.6. The summed E-state index contributed by atoms with van der Waals surface area (Å²) in [5.41, 5.74) is 16.8. The summed E-state index contributed by atoms with van der Waals surface area (Å²) in [7, 11) is -0.309. The van der Waals surface area contributed by atoms with Crippen molar-refractivity contribution in [3.8, 4) is 44.5 Å². The quantitative estimate of drug-likeness (QED) is 0.0952. The van der Waals surface area contributed by atoms with Gasteiger partial charge < -0.3 is 19.1 Å². The van der Waals surface area contributed by atoms with E-state index in [9.17, 15) is 0 Å². The van der Waals surface area contributed by atoms with Crippen molar-refractivity contribution >= 4 is 181 Å². The van der Waals surface area contributed by atoms with Crippen LogP contribution >= 0.6 is 47.8 Å². The fraction of sp³-hybridized carbons (Fsp3) is 0.0631. The molecule has 21 rings (SSSR count). The fourth-order valence-corrected chi connectivity index (χ4v) is 17.0. The minimum Gasteiger partial charge on any atom is -0.399 e. The molecule has 586 valence electrons. The Labute approximate surface area is 730 Å². The molecule has 0 atom stereocenters. The summed E-state index contributed by atoms with van der Waals surface area (Å²) in [5, 5.41) is 20.5. The molecule has 4 nitrogen and oxygen atoms in total. The lowest BCUT2D eigenvalue weighted by molar-refractivity contribution is 0.00578. The molecule has 1 aliphatic heterocycles. The third-order valence-corrected chi connectivity index (χ3v) is 24.6. The molecule has 0 spiro atoms. The number of rotatable bonds is 11. The van der Waals surface area contributed by atoms with E-state index in [-0.39, 0.29) is 32.9 Å². The summed E-state index contributed by atoms with van der Waals surface area (Å²) >= 11 is 10.6. The minimum absolute atomic E-state index is 0. The van der Waals surface area contributed by atoms with Gasteiger partial charge in [-0.1, -0.05) is 359 Å². The molecule has 1 aliphatic rings. The van der Waals surface area contributed by atoms with E-state index >= 15 is 0 Å². The lowest BCUT2D eigenvalue weighted by Gasteiger charge is -2.32. The van der Waals surface area contributed by atoms with Crippen molar-refractivity contribution in [2.45, 2.75) is 46.3 Å². The summed E-state index contributed by atoms with van der Waals surface area (Å²) in [6.07, 6.45) is 0. The minimum atomic E-state index is -0.310. The highest BCUT2D eigenvalue weighted by atomic mass is 79.9. The van der Waals surface area contributed by atoms with Crippen LogP contribution in [0.25, 0.3) is 131 Å². The molecule has 0 radical (unpaired) electrons. The van der Waals surface area contributed by atoms with E-state index in [0.29, 0.717) is 0 Å². The third-order valence-electron chi connectivity index (χ3n) is 23.0. The van der Waals surface area contributed by atoms with E-state index in [1.165, 1.54) is 131 Å². The highest BCUT2D eigenvalue weighted by molar-refractivity contribution is 9.11. The van der Waals surface area contributed by atoms with Crippen LogP contribution in [0.1, 0.15) is 42.3 Å². The molecule has 20 aromatic carbocycles. The Morgan fingerprint density at radius 2 is 0.437 bits per heavy atom. The van der Waals surface area contributed by atoms with Gasteiger partial charge in [0.05, 0.1) is 11.2 Å². The van der Waals surface area contributed by atoms with Gasteiger partial charge in [-0.05, 0) is 285 Å². The molecule has 119 heavy (non-hydrogen) atoms. The third kappa shape index (κ3) is 16.9. The molecular formula is C111H96BBr3N2O2. The molecule has 0 saturated carbocycles. The monoisotopic (exact) mass is 1740 g/mol. The van der Waals surface area contributed by atoms with Gasteiger partial charge in [0.2, 0.25) is 0 Å². The van der Waals surface area contributed by atoms with E-state index in [1.807, 2.05) is 6.07 Å². The molecule has 0 bridgehead atoms. The predicted molar refractivity (Wildman–Crippen MR) is 533 cm³/mol. The van der Waals surface area contributed by atoms with Gasteiger partial charge in [0.25, 0.3) is 0 Å². The van der Waals surface area contributed by atoms with E-state index in [4.69, 9.17) is 9.31 Å². The first-order valence-corrected chi connectivity index (χ1v) is 42.4. The van der Waals surface area contributed by atoms with Gasteiger partial charge in [-0.3, -0.25) is 0 Å². The molecule has 20 aromatic rings. The Morgan fingerprint density at radius 3 is 0.773 bits per heavy atom. The van der Waals surface area contributed by atoms with Gasteiger partial charge >= 0.3 is 7.12 Å². The van der Waals surface area contributed by atoms with Crippen LogP contribution < -0.4 is 15.3 Å². The number of benzene rings is 20. The molecule has 1 saturated heterocycles. The fourth-order valence-electron chi connectivity index (χ4n) is 16.1. The topological polar surface area (TPSA) is 24.9 Å². The predicted octanol–water partition coefficient (Wildman–Crippen LogP) is 34.0. The number of hydrogen-bond acceptors (Lipinski definition) is 4. The largest absolute Gasteiger partial charge is 0.494 e. The first-order valence-electron chi connectivity index (χ1n) is 40.0. The lowest BCUT2D eigenvalue weighted by atomic mass is 9.78. The molecule has 1 fully saturated rings. The SMILES string of the molecule is Brc1ccc(N(c2ccc(Br)cc2)c2ccc(-c3ccccc3)cc2)cc1.Brc1ccc2c(ccc3ccccc32)c1.C.CC1(C)OB(c2ccc3c(ccc4ccccc43)c2)OC1(C)C.[HH].[HH].[HH].[HH].[HH].c1ccc(-c2ccc(N(c3ccc(-c4ccc5c(ccc6ccccc65)c4)cc3)c3ccc(-c4ccc5c(ccc6ccccc65)c4)cc3)cc2)cc1. The molecule has 1 heterocycles. The van der Waals surface area contributed by atoms with Crippen molar-refractivity contribution in [3.63, 3.8) is 0 Å². The second-order valence-electron chi connectivity index (χ2n) is 31.0. The Morgan fingerprint density at radius 1 is 0.210 bits per heavy atom. The molecule has 0 amide bonds. The lowest BCUT2D eigenvalue weighted by Crippen LogP contribution is -2.41. The second-order valence-corrected chi connectivity index (χ2v) is 33.7. The van der Waals surface area contributed by atoms with Crippen molar-refractivity contribution in [2.24, 2.45) is 0 Å². The number of halogens is 3. The van der Waals surface area contributed by atoms with E-state index in [2.05, 4.69) is 504 Å². The summed E-state index contributed by atoms with van der Waals surface area (Å²) in [5.74, 6) is 0. The summed E-state index contributed by atoms with van der Waals surface area (Å²) in [4.78, 5) is 4.61. The summed E-state index contributed by atoms with van der Waals surface area (Å²) in [6, 6.07) is 152. The van der Waals surface area contributed by atoms with Crippen molar-refractivity contribution in [3.05, 3.63) is 438 Å². The van der Waals surface area contributed by atoms with E-state index < -0.39 is 0 Å². The zero-order valence-electron chi connectivity index (χ0n) is 65.8. The molecule has 0 aliphatic carbocycles. The average molecular weight is 1740 g/mol. The van der Waals surface area contributed by atoms with Crippen molar-refractivity contribution in [1.82, 2.24) is 0 Å². The maximum atomic E-state index is 6.16. The maximum absolute atomic E-state index is 6.16. The van der Waals surface area contributed by atoms with E-state index in [0.717, 1.165) is 53.0 Å². The first-order chi connectivity index (χ1) is 57.7. The van der Waals surface area contributed by atoms with Gasteiger partial charge in [-0.15, -0.1) is 0 Å². The number of nitrogens with zero attached hydrogens (tertiary/aromatic N) is 2. The Balaban J connectivity index is 0.000000166. The van der Waals surface area contributed by atoms with Crippen molar-refractivity contribution in [1.29, 1.82) is 0 Å². The highest BCUT2D eigenvalue weighted by Crippen LogP contribution is 2.43. The highest BCUT2D eigenvalue weighted by Gasteiger charge is 2.51. The van der Waals surface area contributed by atoms with Crippen LogP contribution in [0.3, 0.4) is 0 Å². The summed E-state index contributed by atoms with van der Waals surface area (Å²) < 4.78 is 15.6. The van der Waals surface area contributed by atoms with Crippen LogP contribution in [0.2, 0.25) is 0 Å². The smallest absolute Gasteiger partial charge is 0.399 e. The molecular weight excluding hydrogens is 1640 g/mol. The molecule has 0 unspecified atom stereocenters. The zero-order chi connectivity index (χ0) is 80.3. The van der Waals surface area contributed by atoms with Crippen LogP contribution in [0.15, 0.2) is 438 Å². The first kappa shape index (κ1) is 79.0. The van der Waals surface area contributed by atoms with Gasteiger partial charge in [-0.25, -0.2) is 0 Å². The summed E-state index contributed by atoms with van der Waals surface area (Å²) in [6.45, 7) is 8.34. The molecule has 0 N–H and O–H groups in total. The number of fused-ring (bicyclic) bond motifs is 12. The standard InChI is InChI=1S/C52H35N.C24H17Br2N.C20H21BO2.C14H9Br.CH4.5H2/c1-2-8-36(9-3-1)37-18-26-46(27-19-37)53(47-28-20-38(21-29-47)42-24-32-51-44(34-42)16-14-40-10-4-6-12-49(40)51)48-30-22-39(23-31-48)43-25-33-52-45(35-43)17-15-41-11-5-7-13-50(41)52;25-20-8-14-23(15-9-20)27(24-16-10-21(26)11-17-24)22-12-6-19(7-13-22)18-4-2-1-3-5-18;1-19(2)20(3,4)23-21(22-19)16-11-12-18-15(13-16)10-9-14-7-5-6-8-17(14)18;15-12-7-8-14-11(9-12)6-5-10-3-1-2-4-13(10)14;;;;;;/h1-35H;1-17H;5-13H,1-4H3;1-9H;1H4;5*1H. The van der Waals surface area contributed by atoms with Crippen molar-refractivity contribution < 1.29 is 16.4 Å². The van der Waals surface area contributed by atoms with Gasteiger partial charge in [0.15, 0.2) is 0 Å². The Kier molecular flexibility index (Phi) is 23.0. The van der Waals surface area contributed by atoms with Crippen LogP contribution in [0.5, 0.6) is 0 Å². The van der Waals surface area contributed by atoms with Crippen LogP contribution in [-0.2, 0) is 9.31 Å². The van der Waals surface area contributed by atoms with Crippen LogP contribution in [-0.4, -0.2) is 18.3 Å². The molecule has 8 heteroatoms. The van der Waals surface area contributed by atoms with Crippen LogP contribution in [0.4, 0.5) is 34.1 Å². The van der Waals surface area contributed by atoms with E-state index in [1.54, 1.807) is 0 Å². The number of anilines is 6. The molecule has 0 aromatic heterocycles. The van der Waals surface area contributed by atoms with Gasteiger partial charge in [0, 0.05) is 54.7 Å². The normalized spacial score (nSPS) is 12.6. The average Bonchev–Trinajstić information content (AvgIpc) is 1.63. The van der Waals surface area contributed by atoms with Crippen molar-refractivity contribution in [2.75, 3.05) is 9.80 Å². The van der Waals surface area contributed by atoms with Gasteiger partial charge in [0.1, 0.15) is 0 Å². The maximum Gasteiger partial charge on any atom is 0.494 e. The Hall–Kier alpha value is -12.5.